The number of anilines is 1. The molecule has 0 radical (unpaired) electrons. The summed E-state index contributed by atoms with van der Waals surface area (Å²) in [5.41, 5.74) is 4.84. The molecule has 210 valence electrons. The first kappa shape index (κ1) is 28.5. The quantitative estimate of drug-likeness (QED) is 0.198. The summed E-state index contributed by atoms with van der Waals surface area (Å²) in [4.78, 5) is 25.8. The summed E-state index contributed by atoms with van der Waals surface area (Å²) in [5, 5.41) is 8.36. The van der Waals surface area contributed by atoms with Gasteiger partial charge in [-0.25, -0.2) is 5.43 Å². The third-order valence-electron chi connectivity index (χ3n) is 6.26. The lowest BCUT2D eigenvalue weighted by molar-refractivity contribution is -0.123. The summed E-state index contributed by atoms with van der Waals surface area (Å²) >= 11 is 18.2. The van der Waals surface area contributed by atoms with Crippen LogP contribution in [0.15, 0.2) is 76.2 Å². The van der Waals surface area contributed by atoms with E-state index in [4.69, 9.17) is 48.7 Å². The summed E-state index contributed by atoms with van der Waals surface area (Å²) in [6, 6.07) is 18.9. The van der Waals surface area contributed by atoms with Gasteiger partial charge in [0.25, 0.3) is 11.8 Å². The Kier molecular flexibility index (Phi) is 8.83. The van der Waals surface area contributed by atoms with Gasteiger partial charge in [0, 0.05) is 27.6 Å². The van der Waals surface area contributed by atoms with Gasteiger partial charge in [-0.3, -0.25) is 9.59 Å². The van der Waals surface area contributed by atoms with Gasteiger partial charge in [-0.15, -0.1) is 0 Å². The summed E-state index contributed by atoms with van der Waals surface area (Å²) < 4.78 is 17.4. The Morgan fingerprint density at radius 3 is 2.44 bits per heavy atom. The molecule has 0 saturated carbocycles. The van der Waals surface area contributed by atoms with E-state index < -0.39 is 11.8 Å². The number of halogens is 3. The minimum atomic E-state index is -0.471. The number of furan rings is 1. The molecular formula is C30H24Cl3N3O5. The SMILES string of the molecule is Cc1c(C(=O)Nc2cc(Cl)ccc2Oc2ccccc2)oc2c1/C(=N/NC(=O)COc1ccc(Cl)cc1Cl)CCC2. The third-order valence-corrected chi connectivity index (χ3v) is 7.03. The highest BCUT2D eigenvalue weighted by Gasteiger charge is 2.28. The van der Waals surface area contributed by atoms with Crippen LogP contribution in [0.4, 0.5) is 5.69 Å². The number of hydrogen-bond acceptors (Lipinski definition) is 6. The van der Waals surface area contributed by atoms with Crippen LogP contribution in [-0.4, -0.2) is 24.1 Å². The molecule has 0 atom stereocenters. The first-order valence-corrected chi connectivity index (χ1v) is 13.8. The van der Waals surface area contributed by atoms with Crippen molar-refractivity contribution in [3.63, 3.8) is 0 Å². The lowest BCUT2D eigenvalue weighted by Crippen LogP contribution is -2.27. The zero-order chi connectivity index (χ0) is 28.9. The van der Waals surface area contributed by atoms with Gasteiger partial charge >= 0.3 is 0 Å². The third kappa shape index (κ3) is 6.85. The second-order valence-corrected chi connectivity index (χ2v) is 10.5. The van der Waals surface area contributed by atoms with Crippen molar-refractivity contribution < 1.29 is 23.5 Å². The van der Waals surface area contributed by atoms with E-state index in [1.807, 2.05) is 30.3 Å². The van der Waals surface area contributed by atoms with Gasteiger partial charge < -0.3 is 19.2 Å². The van der Waals surface area contributed by atoms with Crippen LogP contribution in [0.1, 0.15) is 40.3 Å². The van der Waals surface area contributed by atoms with E-state index in [9.17, 15) is 9.59 Å². The van der Waals surface area contributed by atoms with E-state index in [2.05, 4.69) is 15.8 Å². The van der Waals surface area contributed by atoms with Crippen molar-refractivity contribution in [3.05, 3.63) is 104 Å². The molecule has 3 aromatic carbocycles. The molecule has 1 aliphatic rings. The van der Waals surface area contributed by atoms with E-state index in [0.717, 1.165) is 6.42 Å². The molecule has 2 N–H and O–H groups in total. The number of benzene rings is 3. The smallest absolute Gasteiger partial charge is 0.291 e. The maximum Gasteiger partial charge on any atom is 0.291 e. The van der Waals surface area contributed by atoms with Crippen molar-refractivity contribution in [2.24, 2.45) is 5.10 Å². The molecule has 0 fully saturated rings. The van der Waals surface area contributed by atoms with E-state index in [-0.39, 0.29) is 12.4 Å². The maximum absolute atomic E-state index is 13.4. The number of carbonyl (C=O) groups excluding carboxylic acids is 2. The first-order chi connectivity index (χ1) is 19.8. The second-order valence-electron chi connectivity index (χ2n) is 9.17. The van der Waals surface area contributed by atoms with E-state index in [0.29, 0.717) is 73.4 Å². The van der Waals surface area contributed by atoms with Crippen LogP contribution < -0.4 is 20.2 Å². The van der Waals surface area contributed by atoms with Crippen LogP contribution in [0.25, 0.3) is 0 Å². The summed E-state index contributed by atoms with van der Waals surface area (Å²) in [7, 11) is 0. The predicted molar refractivity (Wildman–Crippen MR) is 159 cm³/mol. The number of ether oxygens (including phenoxy) is 2. The van der Waals surface area contributed by atoms with Crippen molar-refractivity contribution >= 4 is 58.0 Å². The molecule has 0 spiro atoms. The van der Waals surface area contributed by atoms with Gasteiger partial charge in [0.15, 0.2) is 18.1 Å². The highest BCUT2D eigenvalue weighted by atomic mass is 35.5. The fourth-order valence-electron chi connectivity index (χ4n) is 4.38. The highest BCUT2D eigenvalue weighted by Crippen LogP contribution is 2.34. The standard InChI is InChI=1S/C30H24Cl3N3O5/c1-17-28-22(35-36-27(37)16-39-24-12-10-18(31)14-21(24)33)8-5-9-26(28)41-29(17)30(38)34-23-15-19(32)11-13-25(23)40-20-6-3-2-4-7-20/h2-4,6-7,10-15H,5,8-9,16H2,1H3,(H,34,38)(H,36,37)/b35-22+. The molecule has 1 aliphatic carbocycles. The van der Waals surface area contributed by atoms with Gasteiger partial charge in [0.1, 0.15) is 17.3 Å². The van der Waals surface area contributed by atoms with Crippen LogP contribution in [0.2, 0.25) is 15.1 Å². The Balaban J connectivity index is 1.30. The number of fused-ring (bicyclic) bond motifs is 1. The molecule has 5 rings (SSSR count). The van der Waals surface area contributed by atoms with Crippen LogP contribution in [0.5, 0.6) is 17.2 Å². The van der Waals surface area contributed by atoms with Crippen molar-refractivity contribution in [1.29, 1.82) is 0 Å². The number of rotatable bonds is 8. The molecule has 0 bridgehead atoms. The highest BCUT2D eigenvalue weighted by molar-refractivity contribution is 6.35. The Hall–Kier alpha value is -3.98. The van der Waals surface area contributed by atoms with Crippen molar-refractivity contribution in [2.45, 2.75) is 26.2 Å². The van der Waals surface area contributed by atoms with Gasteiger partial charge in [-0.05, 0) is 68.3 Å². The van der Waals surface area contributed by atoms with Crippen LogP contribution in [0.3, 0.4) is 0 Å². The zero-order valence-electron chi connectivity index (χ0n) is 21.8. The normalized spacial score (nSPS) is 13.4. The Morgan fingerprint density at radius 2 is 1.68 bits per heavy atom. The fourth-order valence-corrected chi connectivity index (χ4v) is 5.01. The average molecular weight is 613 g/mol. The van der Waals surface area contributed by atoms with E-state index in [1.54, 1.807) is 37.3 Å². The number of hydrazone groups is 1. The van der Waals surface area contributed by atoms with Crippen molar-refractivity contribution in [2.75, 3.05) is 11.9 Å². The van der Waals surface area contributed by atoms with Gasteiger partial charge in [0.2, 0.25) is 0 Å². The zero-order valence-corrected chi connectivity index (χ0v) is 24.1. The minimum Gasteiger partial charge on any atom is -0.482 e. The Labute approximate surface area is 251 Å². The average Bonchev–Trinajstić information content (AvgIpc) is 3.30. The number of nitrogens with zero attached hydrogens (tertiary/aromatic N) is 1. The summed E-state index contributed by atoms with van der Waals surface area (Å²) in [6.07, 6.45) is 1.98. The lowest BCUT2D eigenvalue weighted by Gasteiger charge is -2.14. The number of carbonyl (C=O) groups is 2. The van der Waals surface area contributed by atoms with Gasteiger partial charge in [0.05, 0.1) is 16.4 Å². The molecule has 0 unspecified atom stereocenters. The Morgan fingerprint density at radius 1 is 0.951 bits per heavy atom. The van der Waals surface area contributed by atoms with Crippen molar-refractivity contribution in [1.82, 2.24) is 5.43 Å². The molecule has 4 aromatic rings. The van der Waals surface area contributed by atoms with Gasteiger partial charge in [-0.2, -0.15) is 5.10 Å². The van der Waals surface area contributed by atoms with Crippen LogP contribution in [0, 0.1) is 6.92 Å². The van der Waals surface area contributed by atoms with Gasteiger partial charge in [-0.1, -0.05) is 53.0 Å². The molecule has 11 heteroatoms. The van der Waals surface area contributed by atoms with E-state index in [1.165, 1.54) is 6.07 Å². The fraction of sp³-hybridized carbons (Fsp3) is 0.167. The molecule has 2 amide bonds. The monoisotopic (exact) mass is 611 g/mol. The largest absolute Gasteiger partial charge is 0.482 e. The predicted octanol–water partition coefficient (Wildman–Crippen LogP) is 7.83. The Bertz CT molecular complexity index is 1640. The lowest BCUT2D eigenvalue weighted by atomic mass is 9.93. The summed E-state index contributed by atoms with van der Waals surface area (Å²) in [5.74, 6) is 1.20. The number of para-hydroxylation sites is 1. The molecule has 1 aromatic heterocycles. The molecular weight excluding hydrogens is 589 g/mol. The number of amides is 2. The van der Waals surface area contributed by atoms with Crippen LogP contribution >= 0.6 is 34.8 Å². The summed E-state index contributed by atoms with van der Waals surface area (Å²) in [6.45, 7) is 1.49. The molecule has 41 heavy (non-hydrogen) atoms. The molecule has 8 nitrogen and oxygen atoms in total. The minimum absolute atomic E-state index is 0.141. The molecule has 0 saturated heterocycles. The van der Waals surface area contributed by atoms with Crippen LogP contribution in [-0.2, 0) is 11.2 Å². The number of hydrogen-bond donors (Lipinski definition) is 2. The molecule has 1 heterocycles. The maximum atomic E-state index is 13.4. The number of aryl methyl sites for hydroxylation is 1. The van der Waals surface area contributed by atoms with E-state index >= 15 is 0 Å². The van der Waals surface area contributed by atoms with Crippen molar-refractivity contribution in [3.8, 4) is 17.2 Å². The second kappa shape index (κ2) is 12.7. The number of nitrogens with one attached hydrogen (secondary N) is 2. The topological polar surface area (TPSA) is 102 Å². The molecule has 0 aliphatic heterocycles. The first-order valence-electron chi connectivity index (χ1n) is 12.7.